The summed E-state index contributed by atoms with van der Waals surface area (Å²) in [7, 11) is 3.59. The molecule has 1 saturated heterocycles. The van der Waals surface area contributed by atoms with Crippen molar-refractivity contribution in [1.82, 2.24) is 5.32 Å². The van der Waals surface area contributed by atoms with Gasteiger partial charge in [-0.15, -0.1) is 0 Å². The number of benzene rings is 1. The van der Waals surface area contributed by atoms with Gasteiger partial charge in [0.2, 0.25) is 5.91 Å². The highest BCUT2D eigenvalue weighted by atomic mass is 16.5. The van der Waals surface area contributed by atoms with E-state index in [9.17, 15) is 4.79 Å². The van der Waals surface area contributed by atoms with E-state index in [1.807, 2.05) is 13.1 Å². The molecule has 2 N–H and O–H groups in total. The second-order valence-electron chi connectivity index (χ2n) is 5.40. The fraction of sp³-hybridized carbons (Fsp3) is 0.533. The van der Waals surface area contributed by atoms with Crippen LogP contribution in [0.25, 0.3) is 0 Å². The summed E-state index contributed by atoms with van der Waals surface area (Å²) in [5, 5.41) is 5.99. The topological polar surface area (TPSA) is 53.6 Å². The Morgan fingerprint density at radius 3 is 2.75 bits per heavy atom. The molecule has 2 aliphatic rings. The van der Waals surface area contributed by atoms with Crippen LogP contribution in [0.3, 0.4) is 0 Å². The summed E-state index contributed by atoms with van der Waals surface area (Å²) in [4.78, 5) is 14.2. The summed E-state index contributed by atoms with van der Waals surface area (Å²) in [6.07, 6.45) is 2.49. The molecular formula is C15H21N3O2. The molecule has 0 aliphatic carbocycles. The molecule has 0 saturated carbocycles. The number of piperidine rings is 1. The first-order valence-corrected chi connectivity index (χ1v) is 7.12. The molecule has 1 aromatic rings. The van der Waals surface area contributed by atoms with Crippen molar-refractivity contribution < 1.29 is 9.53 Å². The Labute approximate surface area is 119 Å². The van der Waals surface area contributed by atoms with E-state index in [2.05, 4.69) is 27.7 Å². The average Bonchev–Trinajstić information content (AvgIpc) is 2.81. The fourth-order valence-electron chi connectivity index (χ4n) is 3.08. The van der Waals surface area contributed by atoms with Gasteiger partial charge in [-0.1, -0.05) is 6.07 Å². The van der Waals surface area contributed by atoms with E-state index in [1.54, 1.807) is 7.11 Å². The molecular weight excluding hydrogens is 254 g/mol. The summed E-state index contributed by atoms with van der Waals surface area (Å²) in [5.74, 6) is 0.0257. The normalized spacial score (nSPS) is 22.8. The van der Waals surface area contributed by atoms with Crippen LogP contribution in [-0.4, -0.2) is 39.3 Å². The summed E-state index contributed by atoms with van der Waals surface area (Å²) in [6, 6.07) is 6.01. The van der Waals surface area contributed by atoms with Crippen molar-refractivity contribution in [2.75, 3.05) is 37.5 Å². The Morgan fingerprint density at radius 1 is 1.35 bits per heavy atom. The molecule has 108 valence electrons. The molecule has 1 aromatic carbocycles. The van der Waals surface area contributed by atoms with Gasteiger partial charge in [0, 0.05) is 37.1 Å². The lowest BCUT2D eigenvalue weighted by Gasteiger charge is -2.33. The molecule has 1 unspecified atom stereocenters. The SMILES string of the molecule is CNC1C(=O)Nc2cc(N3CCC(OC)CC3)ccc21. The highest BCUT2D eigenvalue weighted by Gasteiger charge is 2.29. The summed E-state index contributed by atoms with van der Waals surface area (Å²) < 4.78 is 5.40. The van der Waals surface area contributed by atoms with E-state index < -0.39 is 0 Å². The standard InChI is InChI=1S/C15H21N3O2/c1-16-14-12-4-3-10(9-13(12)17-15(14)19)18-7-5-11(20-2)6-8-18/h3-4,9,11,14,16H,5-8H2,1-2H3,(H,17,19). The molecule has 5 heteroatoms. The number of methoxy groups -OCH3 is 1. The molecule has 1 atom stereocenters. The van der Waals surface area contributed by atoms with Gasteiger partial charge in [0.15, 0.2) is 0 Å². The molecule has 1 amide bonds. The number of nitrogens with zero attached hydrogens (tertiary/aromatic N) is 1. The molecule has 20 heavy (non-hydrogen) atoms. The number of hydrogen-bond donors (Lipinski definition) is 2. The van der Waals surface area contributed by atoms with E-state index >= 15 is 0 Å². The van der Waals surface area contributed by atoms with E-state index in [0.717, 1.165) is 37.2 Å². The Bertz CT molecular complexity index is 510. The van der Waals surface area contributed by atoms with Crippen LogP contribution < -0.4 is 15.5 Å². The molecule has 0 bridgehead atoms. The minimum Gasteiger partial charge on any atom is -0.381 e. The van der Waals surface area contributed by atoms with Gasteiger partial charge in [-0.3, -0.25) is 4.79 Å². The smallest absolute Gasteiger partial charge is 0.246 e. The van der Waals surface area contributed by atoms with Crippen LogP contribution >= 0.6 is 0 Å². The molecule has 5 nitrogen and oxygen atoms in total. The van der Waals surface area contributed by atoms with E-state index in [-0.39, 0.29) is 11.9 Å². The zero-order valence-corrected chi connectivity index (χ0v) is 12.0. The van der Waals surface area contributed by atoms with Crippen LogP contribution in [0.2, 0.25) is 0 Å². The molecule has 0 spiro atoms. The quantitative estimate of drug-likeness (QED) is 0.878. The summed E-state index contributed by atoms with van der Waals surface area (Å²) in [6.45, 7) is 2.00. The molecule has 1 fully saturated rings. The number of rotatable bonds is 3. The third kappa shape index (κ3) is 2.27. The largest absolute Gasteiger partial charge is 0.381 e. The van der Waals surface area contributed by atoms with E-state index in [4.69, 9.17) is 4.74 Å². The maximum Gasteiger partial charge on any atom is 0.246 e. The molecule has 0 aromatic heterocycles. The van der Waals surface area contributed by atoms with Gasteiger partial charge in [0.1, 0.15) is 6.04 Å². The number of carbonyl (C=O) groups excluding carboxylic acids is 1. The summed E-state index contributed by atoms with van der Waals surface area (Å²) in [5.41, 5.74) is 3.14. The van der Waals surface area contributed by atoms with Gasteiger partial charge in [-0.25, -0.2) is 0 Å². The number of carbonyl (C=O) groups is 1. The lowest BCUT2D eigenvalue weighted by molar-refractivity contribution is -0.117. The van der Waals surface area contributed by atoms with Crippen molar-refractivity contribution in [3.8, 4) is 0 Å². The molecule has 0 radical (unpaired) electrons. The van der Waals surface area contributed by atoms with Gasteiger partial charge >= 0.3 is 0 Å². The van der Waals surface area contributed by atoms with Crippen LogP contribution in [0.4, 0.5) is 11.4 Å². The van der Waals surface area contributed by atoms with Crippen molar-refractivity contribution in [3.63, 3.8) is 0 Å². The lowest BCUT2D eigenvalue weighted by Crippen LogP contribution is -2.36. The third-order valence-electron chi connectivity index (χ3n) is 4.30. The summed E-state index contributed by atoms with van der Waals surface area (Å²) >= 11 is 0. The molecule has 3 rings (SSSR count). The maximum atomic E-state index is 11.8. The minimum atomic E-state index is -0.224. The predicted octanol–water partition coefficient (Wildman–Crippen LogP) is 1.51. The van der Waals surface area contributed by atoms with E-state index in [1.165, 1.54) is 5.69 Å². The number of likely N-dealkylation sites (N-methyl/N-ethyl adjacent to an activating group) is 1. The van der Waals surface area contributed by atoms with Crippen molar-refractivity contribution in [2.45, 2.75) is 25.0 Å². The predicted molar refractivity (Wildman–Crippen MR) is 79.1 cm³/mol. The Balaban J connectivity index is 1.77. The van der Waals surface area contributed by atoms with E-state index in [0.29, 0.717) is 6.10 Å². The second-order valence-corrected chi connectivity index (χ2v) is 5.40. The zero-order chi connectivity index (χ0) is 14.1. The number of amides is 1. The first kappa shape index (κ1) is 13.4. The Hall–Kier alpha value is -1.59. The van der Waals surface area contributed by atoms with Crippen LogP contribution in [0, 0.1) is 0 Å². The van der Waals surface area contributed by atoms with Gasteiger partial charge in [0.05, 0.1) is 6.10 Å². The minimum absolute atomic E-state index is 0.0257. The maximum absolute atomic E-state index is 11.8. The van der Waals surface area contributed by atoms with Crippen LogP contribution in [0.5, 0.6) is 0 Å². The lowest BCUT2D eigenvalue weighted by atomic mass is 10.0. The van der Waals surface area contributed by atoms with Crippen molar-refractivity contribution >= 4 is 17.3 Å². The monoisotopic (exact) mass is 275 g/mol. The van der Waals surface area contributed by atoms with Crippen LogP contribution in [0.1, 0.15) is 24.4 Å². The van der Waals surface area contributed by atoms with Crippen LogP contribution in [0.15, 0.2) is 18.2 Å². The number of hydrogen-bond acceptors (Lipinski definition) is 4. The van der Waals surface area contributed by atoms with Gasteiger partial charge in [-0.05, 0) is 32.0 Å². The number of nitrogens with one attached hydrogen (secondary N) is 2. The van der Waals surface area contributed by atoms with Gasteiger partial charge in [0.25, 0.3) is 0 Å². The van der Waals surface area contributed by atoms with Crippen molar-refractivity contribution in [3.05, 3.63) is 23.8 Å². The first-order chi connectivity index (χ1) is 9.72. The van der Waals surface area contributed by atoms with Crippen LogP contribution in [-0.2, 0) is 9.53 Å². The van der Waals surface area contributed by atoms with Crippen molar-refractivity contribution in [2.24, 2.45) is 0 Å². The van der Waals surface area contributed by atoms with Gasteiger partial charge in [-0.2, -0.15) is 0 Å². The molecule has 2 heterocycles. The van der Waals surface area contributed by atoms with Crippen molar-refractivity contribution in [1.29, 1.82) is 0 Å². The Morgan fingerprint density at radius 2 is 2.10 bits per heavy atom. The highest BCUT2D eigenvalue weighted by Crippen LogP contribution is 2.34. The zero-order valence-electron chi connectivity index (χ0n) is 12.0. The Kier molecular flexibility index (Phi) is 3.63. The number of ether oxygens (including phenoxy) is 1. The highest BCUT2D eigenvalue weighted by molar-refractivity contribution is 6.03. The molecule has 2 aliphatic heterocycles. The first-order valence-electron chi connectivity index (χ1n) is 7.12. The third-order valence-corrected chi connectivity index (χ3v) is 4.30. The number of anilines is 2. The van der Waals surface area contributed by atoms with Gasteiger partial charge < -0.3 is 20.3 Å². The fourth-order valence-corrected chi connectivity index (χ4v) is 3.08. The second kappa shape index (κ2) is 5.42. The number of fused-ring (bicyclic) bond motifs is 1. The average molecular weight is 275 g/mol.